The number of aliphatic hydroxyl groups is 1. The van der Waals surface area contributed by atoms with E-state index in [1.165, 1.54) is 38.3 Å². The predicted molar refractivity (Wildman–Crippen MR) is 87.6 cm³/mol. The van der Waals surface area contributed by atoms with E-state index in [1.54, 1.807) is 6.92 Å². The monoisotopic (exact) mass is 351 g/mol. The Morgan fingerprint density at radius 2 is 2.04 bits per heavy atom. The van der Waals surface area contributed by atoms with Crippen LogP contribution in [0.2, 0.25) is 0 Å². The third-order valence-corrected chi connectivity index (χ3v) is 3.93. The molecule has 0 aliphatic carbocycles. The highest BCUT2D eigenvalue weighted by Gasteiger charge is 2.28. The van der Waals surface area contributed by atoms with Crippen LogP contribution in [0.25, 0.3) is 0 Å². The lowest BCUT2D eigenvalue weighted by molar-refractivity contribution is -0.123. The molecule has 1 atom stereocenters. The fraction of sp³-hybridized carbons (Fsp3) is 0.412. The number of aliphatic imine (C=N–C) groups is 1. The number of carbonyl (C=O) groups excluding carboxylic acids is 2. The van der Waals surface area contributed by atoms with Gasteiger partial charge >= 0.3 is 0 Å². The van der Waals surface area contributed by atoms with Crippen molar-refractivity contribution in [1.82, 2.24) is 10.3 Å². The maximum absolute atomic E-state index is 12.6. The van der Waals surface area contributed by atoms with Crippen LogP contribution in [0.1, 0.15) is 38.5 Å². The van der Waals surface area contributed by atoms with Crippen LogP contribution in [0.15, 0.2) is 35.0 Å². The summed E-state index contributed by atoms with van der Waals surface area (Å²) in [5.41, 5.74) is -0.872. The van der Waals surface area contributed by atoms with Crippen molar-refractivity contribution in [3.63, 3.8) is 0 Å². The number of dihydropyridines is 1. The van der Waals surface area contributed by atoms with Crippen LogP contribution < -0.4 is 5.32 Å². The Labute approximate surface area is 143 Å². The number of pyridine rings is 1. The van der Waals surface area contributed by atoms with Gasteiger partial charge in [0.05, 0.1) is 22.9 Å². The van der Waals surface area contributed by atoms with Crippen molar-refractivity contribution in [3.8, 4) is 0 Å². The number of aromatic nitrogens is 1. The summed E-state index contributed by atoms with van der Waals surface area (Å²) in [7, 11) is 0. The molecule has 1 aliphatic rings. The van der Waals surface area contributed by atoms with Gasteiger partial charge in [0.2, 0.25) is 0 Å². The average Bonchev–Trinajstić information content (AvgIpc) is 2.54. The van der Waals surface area contributed by atoms with Gasteiger partial charge in [-0.3, -0.25) is 19.6 Å². The topological polar surface area (TPSA) is 91.7 Å². The van der Waals surface area contributed by atoms with Crippen molar-refractivity contribution >= 4 is 17.4 Å². The standard InChI is InChI=1S/C17H19F2N3O3/c1-9(17(2,3)25)22-16(24)11-6-13(21-8-14(11)23)10-4-5-12(15(18)19)20-7-10/h4-7,9,15,25H,8H2,1-3H3,(H,22,24)/t9-/m1/s1. The third kappa shape index (κ3) is 4.54. The van der Waals surface area contributed by atoms with Gasteiger partial charge in [-0.25, -0.2) is 8.78 Å². The first kappa shape index (κ1) is 18.9. The number of carbonyl (C=O) groups is 2. The number of nitrogens with one attached hydrogen (secondary N) is 1. The Kier molecular flexibility index (Phi) is 5.42. The lowest BCUT2D eigenvalue weighted by Gasteiger charge is -2.27. The van der Waals surface area contributed by atoms with E-state index in [2.05, 4.69) is 15.3 Å². The number of allylic oxidation sites excluding steroid dienone is 1. The molecule has 0 aromatic carbocycles. The van der Waals surface area contributed by atoms with Gasteiger partial charge in [-0.15, -0.1) is 0 Å². The first-order valence-electron chi connectivity index (χ1n) is 7.66. The van der Waals surface area contributed by atoms with E-state index in [0.717, 1.165) is 0 Å². The molecule has 1 aromatic heterocycles. The summed E-state index contributed by atoms with van der Waals surface area (Å²) in [6.07, 6.45) is -0.150. The van der Waals surface area contributed by atoms with Crippen LogP contribution >= 0.6 is 0 Å². The first-order valence-corrected chi connectivity index (χ1v) is 7.66. The van der Waals surface area contributed by atoms with Crippen LogP contribution in [0.4, 0.5) is 8.78 Å². The summed E-state index contributed by atoms with van der Waals surface area (Å²) >= 11 is 0. The van der Waals surface area contributed by atoms with Crippen molar-refractivity contribution in [2.75, 3.05) is 6.54 Å². The first-order chi connectivity index (χ1) is 11.6. The van der Waals surface area contributed by atoms with E-state index in [-0.39, 0.29) is 17.8 Å². The number of hydrogen-bond donors (Lipinski definition) is 2. The molecule has 1 aromatic rings. The summed E-state index contributed by atoms with van der Waals surface area (Å²) in [5.74, 6) is -1.08. The third-order valence-electron chi connectivity index (χ3n) is 3.93. The Balaban J connectivity index is 2.22. The van der Waals surface area contributed by atoms with E-state index in [9.17, 15) is 23.5 Å². The van der Waals surface area contributed by atoms with Crippen LogP contribution in [0.3, 0.4) is 0 Å². The largest absolute Gasteiger partial charge is 0.388 e. The van der Waals surface area contributed by atoms with Crippen molar-refractivity contribution < 1.29 is 23.5 Å². The Morgan fingerprint density at radius 3 is 2.56 bits per heavy atom. The SMILES string of the molecule is C[C@@H](NC(=O)C1=CC(c2ccc(C(F)F)nc2)=NCC1=O)C(C)(C)O. The molecule has 0 saturated carbocycles. The van der Waals surface area contributed by atoms with Gasteiger partial charge in [0, 0.05) is 11.8 Å². The molecule has 1 amide bonds. The quantitative estimate of drug-likeness (QED) is 0.788. The van der Waals surface area contributed by atoms with Gasteiger partial charge in [-0.05, 0) is 39.0 Å². The Hall–Kier alpha value is -2.48. The number of rotatable bonds is 5. The number of nitrogens with zero attached hydrogens (tertiary/aromatic N) is 2. The lowest BCUT2D eigenvalue weighted by Crippen LogP contribution is -2.48. The minimum atomic E-state index is -2.68. The second kappa shape index (κ2) is 7.18. The van der Waals surface area contributed by atoms with Gasteiger partial charge in [-0.1, -0.05) is 0 Å². The number of halogens is 2. The zero-order valence-electron chi connectivity index (χ0n) is 14.1. The smallest absolute Gasteiger partial charge is 0.280 e. The van der Waals surface area contributed by atoms with Crippen LogP contribution in [-0.2, 0) is 9.59 Å². The zero-order chi connectivity index (χ0) is 18.8. The maximum atomic E-state index is 12.6. The average molecular weight is 351 g/mol. The summed E-state index contributed by atoms with van der Waals surface area (Å²) in [5, 5.41) is 12.5. The van der Waals surface area contributed by atoms with Gasteiger partial charge in [-0.2, -0.15) is 0 Å². The van der Waals surface area contributed by atoms with E-state index < -0.39 is 29.8 Å². The number of alkyl halides is 2. The van der Waals surface area contributed by atoms with Crippen LogP contribution in [0, 0.1) is 0 Å². The molecule has 0 saturated heterocycles. The molecule has 8 heteroatoms. The van der Waals surface area contributed by atoms with E-state index in [1.807, 2.05) is 0 Å². The second-order valence-electron chi connectivity index (χ2n) is 6.30. The Morgan fingerprint density at radius 1 is 1.36 bits per heavy atom. The Bertz CT molecular complexity index is 735. The van der Waals surface area contributed by atoms with E-state index >= 15 is 0 Å². The van der Waals surface area contributed by atoms with Gasteiger partial charge < -0.3 is 10.4 Å². The highest BCUT2D eigenvalue weighted by molar-refractivity contribution is 6.27. The summed E-state index contributed by atoms with van der Waals surface area (Å²) < 4.78 is 25.1. The molecular weight excluding hydrogens is 332 g/mol. The number of amides is 1. The number of ketones is 1. The lowest BCUT2D eigenvalue weighted by atomic mass is 9.98. The molecule has 0 fully saturated rings. The van der Waals surface area contributed by atoms with Crippen molar-refractivity contribution in [2.24, 2.45) is 4.99 Å². The van der Waals surface area contributed by atoms with Gasteiger partial charge in [0.1, 0.15) is 12.2 Å². The summed E-state index contributed by atoms with van der Waals surface area (Å²) in [4.78, 5) is 32.0. The van der Waals surface area contributed by atoms with Gasteiger partial charge in [0.25, 0.3) is 12.3 Å². The molecule has 2 rings (SSSR count). The van der Waals surface area contributed by atoms with Crippen LogP contribution in [0.5, 0.6) is 0 Å². The minimum Gasteiger partial charge on any atom is -0.388 e. The van der Waals surface area contributed by atoms with E-state index in [4.69, 9.17) is 0 Å². The van der Waals surface area contributed by atoms with Crippen molar-refractivity contribution in [1.29, 1.82) is 0 Å². The molecule has 2 heterocycles. The molecule has 0 bridgehead atoms. The molecule has 0 unspecified atom stereocenters. The highest BCUT2D eigenvalue weighted by Crippen LogP contribution is 2.18. The molecule has 1 aliphatic heterocycles. The number of Topliss-reactive ketones (excluding diaryl/α,β-unsaturated/α-hetero) is 1. The number of hydrogen-bond acceptors (Lipinski definition) is 5. The van der Waals surface area contributed by atoms with Crippen LogP contribution in [-0.4, -0.2) is 45.7 Å². The maximum Gasteiger partial charge on any atom is 0.280 e. The fourth-order valence-electron chi connectivity index (χ4n) is 2.01. The fourth-order valence-corrected chi connectivity index (χ4v) is 2.01. The van der Waals surface area contributed by atoms with E-state index in [0.29, 0.717) is 11.3 Å². The zero-order valence-corrected chi connectivity index (χ0v) is 14.1. The second-order valence-corrected chi connectivity index (χ2v) is 6.30. The molecule has 0 spiro atoms. The molecule has 25 heavy (non-hydrogen) atoms. The van der Waals surface area contributed by atoms with Crippen molar-refractivity contribution in [2.45, 2.75) is 38.8 Å². The normalized spacial score (nSPS) is 16.4. The molecule has 6 nitrogen and oxygen atoms in total. The van der Waals surface area contributed by atoms with Gasteiger partial charge in [0.15, 0.2) is 5.78 Å². The highest BCUT2D eigenvalue weighted by atomic mass is 19.3. The summed E-state index contributed by atoms with van der Waals surface area (Å²) in [6, 6.07) is 2.00. The molecule has 0 radical (unpaired) electrons. The molecular formula is C17H19F2N3O3. The predicted octanol–water partition coefficient (Wildman–Crippen LogP) is 1.59. The molecule has 2 N–H and O–H groups in total. The minimum absolute atomic E-state index is 0.0981. The molecule has 134 valence electrons. The summed E-state index contributed by atoms with van der Waals surface area (Å²) in [6.45, 7) is 4.48. The van der Waals surface area contributed by atoms with Crippen molar-refractivity contribution in [3.05, 3.63) is 41.2 Å².